The topological polar surface area (TPSA) is 67.7 Å². The number of fused-ring (bicyclic) bond motifs is 2. The van der Waals surface area contributed by atoms with Gasteiger partial charge in [-0.3, -0.25) is 9.59 Å². The number of piperidine rings is 1. The Morgan fingerprint density at radius 2 is 1.71 bits per heavy atom. The molecule has 3 heterocycles. The Bertz CT molecular complexity index is 1230. The first-order valence-electron chi connectivity index (χ1n) is 11.2. The maximum atomic E-state index is 13.7. The maximum absolute atomic E-state index is 13.7. The lowest BCUT2D eigenvalue weighted by molar-refractivity contribution is -0.147. The van der Waals surface area contributed by atoms with Gasteiger partial charge in [0, 0.05) is 13.1 Å². The SMILES string of the molecule is O=C(C1CN(C(=O)Cn2c(C(F)(F)F)nc3ccccc32)c2ccccc2O1)N1CCCCC1. The minimum Gasteiger partial charge on any atom is -0.476 e. The molecule has 0 bridgehead atoms. The fourth-order valence-corrected chi connectivity index (χ4v) is 4.59. The van der Waals surface area contributed by atoms with Gasteiger partial charge in [-0.2, -0.15) is 13.2 Å². The molecule has 0 aliphatic carbocycles. The Kier molecular flexibility index (Phi) is 5.66. The van der Waals surface area contributed by atoms with Gasteiger partial charge in [0.2, 0.25) is 11.7 Å². The number of carbonyl (C=O) groups is 2. The molecule has 2 aliphatic rings. The molecule has 1 aromatic heterocycles. The van der Waals surface area contributed by atoms with E-state index in [-0.39, 0.29) is 23.5 Å². The number of benzene rings is 2. The molecule has 10 heteroatoms. The lowest BCUT2D eigenvalue weighted by atomic mass is 10.1. The highest BCUT2D eigenvalue weighted by atomic mass is 19.4. The maximum Gasteiger partial charge on any atom is 0.449 e. The normalized spacial score (nSPS) is 18.5. The molecule has 7 nitrogen and oxygen atoms in total. The highest BCUT2D eigenvalue weighted by Gasteiger charge is 2.40. The molecule has 1 unspecified atom stereocenters. The van der Waals surface area contributed by atoms with E-state index >= 15 is 0 Å². The van der Waals surface area contributed by atoms with E-state index < -0.39 is 30.6 Å². The van der Waals surface area contributed by atoms with E-state index in [1.165, 1.54) is 17.0 Å². The summed E-state index contributed by atoms with van der Waals surface area (Å²) < 4.78 is 48.0. The summed E-state index contributed by atoms with van der Waals surface area (Å²) in [6.45, 7) is 0.613. The van der Waals surface area contributed by atoms with Gasteiger partial charge in [-0.05, 0) is 43.5 Å². The van der Waals surface area contributed by atoms with Crippen molar-refractivity contribution in [3.05, 3.63) is 54.4 Å². The van der Waals surface area contributed by atoms with E-state index in [2.05, 4.69) is 4.98 Å². The van der Waals surface area contributed by atoms with Gasteiger partial charge in [0.15, 0.2) is 6.10 Å². The average molecular weight is 472 g/mol. The van der Waals surface area contributed by atoms with Crippen molar-refractivity contribution < 1.29 is 27.5 Å². The van der Waals surface area contributed by atoms with Crippen LogP contribution < -0.4 is 9.64 Å². The van der Waals surface area contributed by atoms with Crippen LogP contribution in [0.15, 0.2) is 48.5 Å². The predicted molar refractivity (Wildman–Crippen MR) is 118 cm³/mol. The first kappa shape index (κ1) is 22.2. The summed E-state index contributed by atoms with van der Waals surface area (Å²) in [5.74, 6) is -1.58. The molecular weight excluding hydrogens is 449 g/mol. The third-order valence-corrected chi connectivity index (χ3v) is 6.22. The zero-order valence-corrected chi connectivity index (χ0v) is 18.3. The molecule has 0 spiro atoms. The molecule has 1 saturated heterocycles. The Morgan fingerprint density at radius 1 is 1.00 bits per heavy atom. The van der Waals surface area contributed by atoms with Gasteiger partial charge in [0.05, 0.1) is 23.3 Å². The van der Waals surface area contributed by atoms with Gasteiger partial charge >= 0.3 is 6.18 Å². The van der Waals surface area contributed by atoms with E-state index in [0.717, 1.165) is 23.8 Å². The van der Waals surface area contributed by atoms with E-state index in [1.54, 1.807) is 41.3 Å². The number of anilines is 1. The summed E-state index contributed by atoms with van der Waals surface area (Å²) in [6.07, 6.45) is -2.77. The Morgan fingerprint density at radius 3 is 2.47 bits per heavy atom. The van der Waals surface area contributed by atoms with Crippen molar-refractivity contribution in [1.29, 1.82) is 0 Å². The minimum absolute atomic E-state index is 0.0703. The fourth-order valence-electron chi connectivity index (χ4n) is 4.59. The minimum atomic E-state index is -4.73. The zero-order valence-electron chi connectivity index (χ0n) is 18.3. The summed E-state index contributed by atoms with van der Waals surface area (Å²) in [6, 6.07) is 12.9. The molecule has 34 heavy (non-hydrogen) atoms. The van der Waals surface area contributed by atoms with Crippen LogP contribution in [0.3, 0.4) is 0 Å². The van der Waals surface area contributed by atoms with Crippen molar-refractivity contribution in [3.8, 4) is 5.75 Å². The number of para-hydroxylation sites is 4. The van der Waals surface area contributed by atoms with E-state index in [0.29, 0.717) is 24.5 Å². The van der Waals surface area contributed by atoms with Crippen LogP contribution in [0, 0.1) is 0 Å². The van der Waals surface area contributed by atoms with Crippen LogP contribution in [0.1, 0.15) is 25.1 Å². The van der Waals surface area contributed by atoms with E-state index in [9.17, 15) is 22.8 Å². The fraction of sp³-hybridized carbons (Fsp3) is 0.375. The third-order valence-electron chi connectivity index (χ3n) is 6.22. The lowest BCUT2D eigenvalue weighted by Gasteiger charge is -2.37. The quantitative estimate of drug-likeness (QED) is 0.581. The molecule has 2 aliphatic heterocycles. The van der Waals surface area contributed by atoms with Crippen LogP contribution in [0.5, 0.6) is 5.75 Å². The second-order valence-electron chi connectivity index (χ2n) is 8.47. The second-order valence-corrected chi connectivity index (χ2v) is 8.47. The van der Waals surface area contributed by atoms with Crippen LogP contribution in [-0.4, -0.2) is 52.0 Å². The predicted octanol–water partition coefficient (Wildman–Crippen LogP) is 3.86. The van der Waals surface area contributed by atoms with Crippen LogP contribution in [-0.2, 0) is 22.3 Å². The number of rotatable bonds is 3. The van der Waals surface area contributed by atoms with Crippen LogP contribution >= 0.6 is 0 Å². The first-order valence-corrected chi connectivity index (χ1v) is 11.2. The summed E-state index contributed by atoms with van der Waals surface area (Å²) in [4.78, 5) is 33.3. The molecule has 0 N–H and O–H groups in total. The second kappa shape index (κ2) is 8.66. The van der Waals surface area contributed by atoms with Gasteiger partial charge in [-0.1, -0.05) is 24.3 Å². The molecule has 2 amide bonds. The number of imidazole rings is 1. The summed E-state index contributed by atoms with van der Waals surface area (Å²) >= 11 is 0. The monoisotopic (exact) mass is 472 g/mol. The number of likely N-dealkylation sites (tertiary alicyclic amines) is 1. The largest absolute Gasteiger partial charge is 0.476 e. The van der Waals surface area contributed by atoms with Crippen molar-refractivity contribution in [2.75, 3.05) is 24.5 Å². The third kappa shape index (κ3) is 4.08. The molecule has 3 aromatic rings. The number of aromatic nitrogens is 2. The van der Waals surface area contributed by atoms with Crippen molar-refractivity contribution in [2.45, 2.75) is 38.1 Å². The first-order chi connectivity index (χ1) is 16.3. The van der Waals surface area contributed by atoms with Crippen LogP contribution in [0.2, 0.25) is 0 Å². The number of hydrogen-bond donors (Lipinski definition) is 0. The number of carbonyl (C=O) groups excluding carboxylic acids is 2. The molecule has 178 valence electrons. The van der Waals surface area contributed by atoms with Gasteiger partial charge in [-0.25, -0.2) is 4.98 Å². The van der Waals surface area contributed by atoms with E-state index in [4.69, 9.17) is 4.74 Å². The van der Waals surface area contributed by atoms with Gasteiger partial charge in [-0.15, -0.1) is 0 Å². The highest BCUT2D eigenvalue weighted by molar-refractivity contribution is 5.98. The summed E-state index contributed by atoms with van der Waals surface area (Å²) in [5, 5.41) is 0. The zero-order chi connectivity index (χ0) is 23.9. The number of halogens is 3. The Labute approximate surface area is 193 Å². The van der Waals surface area contributed by atoms with Gasteiger partial charge < -0.3 is 19.1 Å². The average Bonchev–Trinajstić information content (AvgIpc) is 3.22. The lowest BCUT2D eigenvalue weighted by Crippen LogP contribution is -2.53. The van der Waals surface area contributed by atoms with Crippen molar-refractivity contribution in [1.82, 2.24) is 14.5 Å². The smallest absolute Gasteiger partial charge is 0.449 e. The number of ether oxygens (including phenoxy) is 1. The molecule has 1 fully saturated rings. The van der Waals surface area contributed by atoms with Crippen LogP contribution in [0.4, 0.5) is 18.9 Å². The number of alkyl halides is 3. The van der Waals surface area contributed by atoms with Gasteiger partial charge in [0.1, 0.15) is 12.3 Å². The van der Waals surface area contributed by atoms with Gasteiger partial charge in [0.25, 0.3) is 5.91 Å². The highest BCUT2D eigenvalue weighted by Crippen LogP contribution is 2.35. The Balaban J connectivity index is 1.47. The number of hydrogen-bond acceptors (Lipinski definition) is 4. The molecule has 0 saturated carbocycles. The molecule has 0 radical (unpaired) electrons. The molecule has 5 rings (SSSR count). The van der Waals surface area contributed by atoms with Crippen molar-refractivity contribution >= 4 is 28.5 Å². The summed E-state index contributed by atoms with van der Waals surface area (Å²) in [7, 11) is 0. The molecular formula is C24H23F3N4O3. The Hall–Kier alpha value is -3.56. The molecule has 1 atom stereocenters. The summed E-state index contributed by atoms with van der Waals surface area (Å²) in [5.41, 5.74) is 0.794. The van der Waals surface area contributed by atoms with Crippen LogP contribution in [0.25, 0.3) is 11.0 Å². The van der Waals surface area contributed by atoms with Crippen molar-refractivity contribution in [2.24, 2.45) is 0 Å². The number of amides is 2. The molecule has 2 aromatic carbocycles. The standard InChI is InChI=1S/C24H23F3N4O3/c25-24(26,27)23-28-16-8-2-3-9-17(16)31(23)15-21(32)30-14-20(22(33)29-12-6-1-7-13-29)34-19-11-5-4-10-18(19)30/h2-5,8-11,20H,1,6-7,12-15H2. The van der Waals surface area contributed by atoms with E-state index in [1.807, 2.05) is 0 Å². The number of nitrogens with zero attached hydrogens (tertiary/aromatic N) is 4. The van der Waals surface area contributed by atoms with Crippen molar-refractivity contribution in [3.63, 3.8) is 0 Å².